The quantitative estimate of drug-likeness (QED) is 0.313. The largest absolute Gasteiger partial charge is 0.497 e. The van der Waals surface area contributed by atoms with E-state index in [0.717, 1.165) is 9.87 Å². The summed E-state index contributed by atoms with van der Waals surface area (Å²) in [6, 6.07) is 20.9. The van der Waals surface area contributed by atoms with Crippen LogP contribution in [0.4, 0.5) is 5.69 Å². The average molecular weight is 568 g/mol. The molecule has 0 unspecified atom stereocenters. The third kappa shape index (κ3) is 7.53. The van der Waals surface area contributed by atoms with Crippen LogP contribution in [0.2, 0.25) is 0 Å². The lowest BCUT2D eigenvalue weighted by molar-refractivity contribution is -0.140. The maximum Gasteiger partial charge on any atom is 0.264 e. The molecule has 10 heteroatoms. The maximum absolute atomic E-state index is 14.0. The van der Waals surface area contributed by atoms with E-state index in [4.69, 9.17) is 9.47 Å². The Balaban J connectivity index is 2.03. The number of amides is 2. The van der Waals surface area contributed by atoms with Crippen LogP contribution >= 0.6 is 0 Å². The molecule has 0 fully saturated rings. The third-order valence-electron chi connectivity index (χ3n) is 6.29. The van der Waals surface area contributed by atoms with Crippen LogP contribution in [-0.4, -0.2) is 58.0 Å². The number of hydrogen-bond donors (Lipinski definition) is 1. The second-order valence-corrected chi connectivity index (χ2v) is 10.8. The summed E-state index contributed by atoms with van der Waals surface area (Å²) in [6.45, 7) is 5.95. The van der Waals surface area contributed by atoms with E-state index in [1.165, 1.54) is 17.0 Å². The zero-order chi connectivity index (χ0) is 29.1. The number of nitrogens with one attached hydrogen (secondary N) is 1. The number of rotatable bonds is 14. The Morgan fingerprint density at radius 1 is 0.875 bits per heavy atom. The Morgan fingerprint density at radius 2 is 1.50 bits per heavy atom. The van der Waals surface area contributed by atoms with E-state index in [9.17, 15) is 18.0 Å². The predicted molar refractivity (Wildman–Crippen MR) is 155 cm³/mol. The molecule has 9 nitrogen and oxygen atoms in total. The molecular weight excluding hydrogens is 530 g/mol. The third-order valence-corrected chi connectivity index (χ3v) is 8.08. The molecule has 0 aliphatic carbocycles. The summed E-state index contributed by atoms with van der Waals surface area (Å²) in [5.41, 5.74) is 1.08. The minimum Gasteiger partial charge on any atom is -0.497 e. The average Bonchev–Trinajstić information content (AvgIpc) is 2.97. The van der Waals surface area contributed by atoms with E-state index in [-0.39, 0.29) is 17.3 Å². The van der Waals surface area contributed by atoms with Gasteiger partial charge < -0.3 is 19.7 Å². The van der Waals surface area contributed by atoms with Gasteiger partial charge >= 0.3 is 0 Å². The highest BCUT2D eigenvalue weighted by atomic mass is 32.2. The highest BCUT2D eigenvalue weighted by molar-refractivity contribution is 7.92. The summed E-state index contributed by atoms with van der Waals surface area (Å²) >= 11 is 0. The first-order chi connectivity index (χ1) is 19.2. The van der Waals surface area contributed by atoms with Gasteiger partial charge in [0, 0.05) is 13.1 Å². The number of benzene rings is 3. The second-order valence-electron chi connectivity index (χ2n) is 8.94. The van der Waals surface area contributed by atoms with Gasteiger partial charge in [0.15, 0.2) is 0 Å². The number of anilines is 1. The summed E-state index contributed by atoms with van der Waals surface area (Å²) in [5.74, 6) is 0.429. The molecule has 0 saturated heterocycles. The van der Waals surface area contributed by atoms with Gasteiger partial charge in [-0.25, -0.2) is 8.42 Å². The van der Waals surface area contributed by atoms with E-state index in [2.05, 4.69) is 5.32 Å². The van der Waals surface area contributed by atoms with Crippen LogP contribution in [-0.2, 0) is 26.2 Å². The van der Waals surface area contributed by atoms with Crippen molar-refractivity contribution < 1.29 is 27.5 Å². The zero-order valence-electron chi connectivity index (χ0n) is 23.4. The molecule has 1 N–H and O–H groups in total. The molecule has 3 aromatic carbocycles. The monoisotopic (exact) mass is 567 g/mol. The fourth-order valence-electron chi connectivity index (χ4n) is 4.26. The number of ether oxygens (including phenoxy) is 2. The highest BCUT2D eigenvalue weighted by Gasteiger charge is 2.33. The van der Waals surface area contributed by atoms with Gasteiger partial charge in [0.05, 0.1) is 24.3 Å². The van der Waals surface area contributed by atoms with Gasteiger partial charge in [-0.05, 0) is 74.4 Å². The fraction of sp³-hybridized carbons (Fsp3) is 0.333. The molecule has 0 aliphatic heterocycles. The van der Waals surface area contributed by atoms with Crippen molar-refractivity contribution in [1.82, 2.24) is 10.2 Å². The van der Waals surface area contributed by atoms with Gasteiger partial charge in [-0.3, -0.25) is 13.9 Å². The van der Waals surface area contributed by atoms with Crippen molar-refractivity contribution in [3.05, 3.63) is 84.4 Å². The van der Waals surface area contributed by atoms with Crippen LogP contribution in [0.5, 0.6) is 11.5 Å². The number of carbonyl (C=O) groups is 2. The van der Waals surface area contributed by atoms with E-state index >= 15 is 0 Å². The van der Waals surface area contributed by atoms with E-state index in [1.807, 2.05) is 26.0 Å². The van der Waals surface area contributed by atoms with E-state index in [0.29, 0.717) is 36.8 Å². The number of likely N-dealkylation sites (N-methyl/N-ethyl adjacent to an activating group) is 1. The topological polar surface area (TPSA) is 105 Å². The van der Waals surface area contributed by atoms with Crippen LogP contribution in [0.1, 0.15) is 32.8 Å². The van der Waals surface area contributed by atoms with Crippen molar-refractivity contribution in [2.45, 2.75) is 44.7 Å². The van der Waals surface area contributed by atoms with Gasteiger partial charge in [-0.1, -0.05) is 37.3 Å². The molecule has 1 atom stereocenters. The van der Waals surface area contributed by atoms with Gasteiger partial charge in [0.1, 0.15) is 24.1 Å². The molecule has 2 amide bonds. The Hall–Kier alpha value is -4.05. The van der Waals surface area contributed by atoms with Crippen molar-refractivity contribution in [1.29, 1.82) is 0 Å². The molecule has 0 spiro atoms. The molecule has 40 heavy (non-hydrogen) atoms. The van der Waals surface area contributed by atoms with Gasteiger partial charge in [0.25, 0.3) is 10.0 Å². The molecule has 3 rings (SSSR count). The molecule has 3 aromatic rings. The van der Waals surface area contributed by atoms with Gasteiger partial charge in [-0.15, -0.1) is 0 Å². The lowest BCUT2D eigenvalue weighted by Gasteiger charge is -2.33. The Morgan fingerprint density at radius 3 is 2.05 bits per heavy atom. The SMILES string of the molecule is CCNC(=O)[C@H](CC)N(Cc1ccc(OC)cc1)C(=O)CN(c1ccc(OCC)cc1)S(=O)(=O)c1ccccc1. The first-order valence-electron chi connectivity index (χ1n) is 13.3. The summed E-state index contributed by atoms with van der Waals surface area (Å²) in [6.07, 6.45) is 0.349. The van der Waals surface area contributed by atoms with Crippen LogP contribution in [0.25, 0.3) is 0 Å². The minimum atomic E-state index is -4.12. The van der Waals surface area contributed by atoms with Crippen LogP contribution in [0, 0.1) is 0 Å². The number of carbonyl (C=O) groups excluding carboxylic acids is 2. The summed E-state index contributed by atoms with van der Waals surface area (Å²) in [5, 5.41) is 2.80. The Bertz CT molecular complexity index is 1350. The summed E-state index contributed by atoms with van der Waals surface area (Å²) < 4.78 is 39.5. The zero-order valence-corrected chi connectivity index (χ0v) is 24.2. The lowest BCUT2D eigenvalue weighted by atomic mass is 10.1. The molecule has 0 saturated carbocycles. The Kier molecular flexibility index (Phi) is 11.0. The van der Waals surface area contributed by atoms with E-state index in [1.54, 1.807) is 68.6 Å². The molecule has 0 radical (unpaired) electrons. The number of sulfonamides is 1. The number of hydrogen-bond acceptors (Lipinski definition) is 6. The first kappa shape index (κ1) is 30.5. The second kappa shape index (κ2) is 14.4. The van der Waals surface area contributed by atoms with Gasteiger partial charge in [-0.2, -0.15) is 0 Å². The lowest BCUT2D eigenvalue weighted by Crippen LogP contribution is -2.52. The van der Waals surface area contributed by atoms with Crippen molar-refractivity contribution in [2.24, 2.45) is 0 Å². The van der Waals surface area contributed by atoms with Crippen molar-refractivity contribution in [3.63, 3.8) is 0 Å². The van der Waals surface area contributed by atoms with Crippen molar-refractivity contribution in [3.8, 4) is 11.5 Å². The van der Waals surface area contributed by atoms with Crippen LogP contribution < -0.4 is 19.1 Å². The maximum atomic E-state index is 14.0. The first-order valence-corrected chi connectivity index (χ1v) is 14.7. The van der Waals surface area contributed by atoms with Crippen molar-refractivity contribution >= 4 is 27.5 Å². The predicted octanol–water partition coefficient (Wildman–Crippen LogP) is 4.23. The molecule has 0 aromatic heterocycles. The Labute approximate surface area is 236 Å². The summed E-state index contributed by atoms with van der Waals surface area (Å²) in [7, 11) is -2.56. The number of methoxy groups -OCH3 is 1. The van der Waals surface area contributed by atoms with Crippen LogP contribution in [0.3, 0.4) is 0 Å². The van der Waals surface area contributed by atoms with Gasteiger partial charge in [0.2, 0.25) is 11.8 Å². The molecule has 0 aliphatic rings. The summed E-state index contributed by atoms with van der Waals surface area (Å²) in [4.78, 5) is 28.5. The standard InChI is InChI=1S/C30H37N3O6S/c1-5-28(30(35)31-6-2)32(21-23-13-17-25(38-4)18-14-23)29(34)22-33(24-15-19-26(20-16-24)39-7-3)40(36,37)27-11-9-8-10-12-27/h8-20,28H,5-7,21-22H2,1-4H3,(H,31,35)/t28-/m0/s1. The minimum absolute atomic E-state index is 0.0501. The smallest absolute Gasteiger partial charge is 0.264 e. The number of nitrogens with zero attached hydrogens (tertiary/aromatic N) is 2. The normalized spacial score (nSPS) is 11.8. The van der Waals surface area contributed by atoms with Crippen molar-refractivity contribution in [2.75, 3.05) is 31.1 Å². The molecule has 214 valence electrons. The fourth-order valence-corrected chi connectivity index (χ4v) is 5.70. The van der Waals surface area contributed by atoms with Crippen LogP contribution in [0.15, 0.2) is 83.8 Å². The molecular formula is C30H37N3O6S. The molecule has 0 bridgehead atoms. The highest BCUT2D eigenvalue weighted by Crippen LogP contribution is 2.27. The van der Waals surface area contributed by atoms with E-state index < -0.39 is 28.5 Å². The molecule has 0 heterocycles.